The van der Waals surface area contributed by atoms with Gasteiger partial charge >= 0.3 is 0 Å². The van der Waals surface area contributed by atoms with Gasteiger partial charge in [0, 0.05) is 18.8 Å². The van der Waals surface area contributed by atoms with E-state index in [1.807, 2.05) is 18.2 Å². The molecule has 1 aromatic carbocycles. The Morgan fingerprint density at radius 3 is 2.74 bits per heavy atom. The molecule has 0 amide bonds. The molecule has 3 aromatic rings. The maximum absolute atomic E-state index is 10.0. The Labute approximate surface area is 207 Å². The molecular formula is C26H26ClN3O5. The molecule has 182 valence electrons. The van der Waals surface area contributed by atoms with Crippen LogP contribution in [0.2, 0.25) is 5.02 Å². The number of halogens is 1. The number of fused-ring (bicyclic) bond motifs is 2. The van der Waals surface area contributed by atoms with E-state index < -0.39 is 6.10 Å². The second kappa shape index (κ2) is 9.37. The molecule has 6 rings (SSSR count). The van der Waals surface area contributed by atoms with Crippen molar-refractivity contribution in [3.8, 4) is 17.1 Å². The van der Waals surface area contributed by atoms with E-state index in [1.54, 1.807) is 13.3 Å². The summed E-state index contributed by atoms with van der Waals surface area (Å²) >= 11 is 6.67. The summed E-state index contributed by atoms with van der Waals surface area (Å²) in [5.41, 5.74) is 6.28. The zero-order valence-corrected chi connectivity index (χ0v) is 20.0. The van der Waals surface area contributed by atoms with Crippen LogP contribution in [-0.4, -0.2) is 79.2 Å². The van der Waals surface area contributed by atoms with Crippen LogP contribution in [0.25, 0.3) is 27.9 Å². The number of aliphatic hydroxyl groups excluding tert-OH is 1. The summed E-state index contributed by atoms with van der Waals surface area (Å²) < 4.78 is 23.1. The summed E-state index contributed by atoms with van der Waals surface area (Å²) in [4.78, 5) is 12.4. The first-order chi connectivity index (χ1) is 17.1. The van der Waals surface area contributed by atoms with Crippen molar-refractivity contribution in [1.29, 1.82) is 0 Å². The standard InChI is InChI=1S/C26H26ClN3O5/c1-28-11-17-23-19(29-26(17)35-21-13-34-24-20(31)12-33-25(21)24)10-18(27)22(30-23)16-4-2-14(3-5-16)15-6-8-32-9-7-15/h2-6,10-11,20-21,24-25,29,31H,7-9,12-13H2,1H3/b28-11+/t20-,21-,24-,25-/m1/s1. The van der Waals surface area contributed by atoms with E-state index in [2.05, 4.69) is 28.2 Å². The number of hydrogen-bond acceptors (Lipinski definition) is 7. The average molecular weight is 496 g/mol. The summed E-state index contributed by atoms with van der Waals surface area (Å²) in [5, 5.41) is 10.6. The molecule has 0 spiro atoms. The molecule has 0 aliphatic carbocycles. The second-order valence-electron chi connectivity index (χ2n) is 8.92. The largest absolute Gasteiger partial charge is 0.470 e. The summed E-state index contributed by atoms with van der Waals surface area (Å²) in [6.45, 7) is 1.98. The number of aliphatic imine (C=N–C) groups is 1. The Balaban J connectivity index is 1.33. The Hall–Kier alpha value is -2.75. The number of ether oxygens (including phenoxy) is 4. The van der Waals surface area contributed by atoms with Crippen molar-refractivity contribution in [2.24, 2.45) is 4.99 Å². The minimum Gasteiger partial charge on any atom is -0.470 e. The average Bonchev–Trinajstić information content (AvgIpc) is 3.55. The Kier molecular flexibility index (Phi) is 6.07. The number of rotatable bonds is 5. The van der Waals surface area contributed by atoms with E-state index in [-0.39, 0.29) is 24.9 Å². The molecule has 4 atom stereocenters. The van der Waals surface area contributed by atoms with Gasteiger partial charge in [-0.15, -0.1) is 0 Å². The first-order valence-corrected chi connectivity index (χ1v) is 12.1. The minimum absolute atomic E-state index is 0.246. The molecule has 2 N–H and O–H groups in total. The van der Waals surface area contributed by atoms with Gasteiger partial charge in [0.2, 0.25) is 5.88 Å². The lowest BCUT2D eigenvalue weighted by Crippen LogP contribution is -2.34. The molecule has 0 unspecified atom stereocenters. The highest BCUT2D eigenvalue weighted by Crippen LogP contribution is 2.36. The number of pyridine rings is 1. The van der Waals surface area contributed by atoms with E-state index in [9.17, 15) is 5.11 Å². The molecular weight excluding hydrogens is 470 g/mol. The SMILES string of the molecule is C/N=C/c1c(O[C@@H]2CO[C@H]3[C@@H]2OC[C@H]3O)[nH]c2cc(Cl)c(-c3ccc(C4=CCOCC4)cc3)nc12. The highest BCUT2D eigenvalue weighted by molar-refractivity contribution is 6.33. The molecule has 8 nitrogen and oxygen atoms in total. The maximum Gasteiger partial charge on any atom is 0.203 e. The van der Waals surface area contributed by atoms with Gasteiger partial charge in [-0.3, -0.25) is 4.99 Å². The third-order valence-corrected chi connectivity index (χ3v) is 7.01. The van der Waals surface area contributed by atoms with Gasteiger partial charge in [-0.1, -0.05) is 41.9 Å². The van der Waals surface area contributed by atoms with Gasteiger partial charge in [0.1, 0.15) is 23.8 Å². The van der Waals surface area contributed by atoms with E-state index in [4.69, 9.17) is 35.5 Å². The number of benzene rings is 1. The van der Waals surface area contributed by atoms with Crippen LogP contribution in [0.3, 0.4) is 0 Å². The van der Waals surface area contributed by atoms with Gasteiger partial charge in [0.25, 0.3) is 0 Å². The van der Waals surface area contributed by atoms with E-state index in [1.165, 1.54) is 11.1 Å². The highest BCUT2D eigenvalue weighted by atomic mass is 35.5. The van der Waals surface area contributed by atoms with Crippen LogP contribution in [0.1, 0.15) is 17.5 Å². The monoisotopic (exact) mass is 495 g/mol. The number of H-pyrrole nitrogens is 1. The van der Waals surface area contributed by atoms with Crippen molar-refractivity contribution in [2.75, 3.05) is 33.5 Å². The molecule has 35 heavy (non-hydrogen) atoms. The predicted octanol–water partition coefficient (Wildman–Crippen LogP) is 3.64. The van der Waals surface area contributed by atoms with Crippen molar-refractivity contribution in [3.63, 3.8) is 0 Å². The fraction of sp³-hybridized carbons (Fsp3) is 0.385. The van der Waals surface area contributed by atoms with Gasteiger partial charge in [-0.2, -0.15) is 0 Å². The third kappa shape index (κ3) is 4.15. The second-order valence-corrected chi connectivity index (χ2v) is 9.33. The van der Waals surface area contributed by atoms with Crippen LogP contribution < -0.4 is 4.74 Å². The smallest absolute Gasteiger partial charge is 0.203 e. The van der Waals surface area contributed by atoms with Gasteiger partial charge in [-0.25, -0.2) is 4.98 Å². The molecule has 3 aliphatic heterocycles. The number of aliphatic hydroxyl groups is 1. The molecule has 2 saturated heterocycles. The lowest BCUT2D eigenvalue weighted by Gasteiger charge is -2.17. The van der Waals surface area contributed by atoms with Crippen LogP contribution in [0.4, 0.5) is 0 Å². The van der Waals surface area contributed by atoms with Crippen LogP contribution in [0.5, 0.6) is 5.88 Å². The summed E-state index contributed by atoms with van der Waals surface area (Å²) in [6, 6.07) is 10.1. The molecule has 0 bridgehead atoms. The van der Waals surface area contributed by atoms with Gasteiger partial charge in [-0.05, 0) is 23.6 Å². The summed E-state index contributed by atoms with van der Waals surface area (Å²) in [5.74, 6) is 0.521. The normalized spacial score (nSPS) is 26.4. The molecule has 0 saturated carbocycles. The zero-order valence-electron chi connectivity index (χ0n) is 19.2. The van der Waals surface area contributed by atoms with Crippen LogP contribution in [0.15, 0.2) is 41.4 Å². The molecule has 3 aliphatic rings. The van der Waals surface area contributed by atoms with Crippen molar-refractivity contribution in [1.82, 2.24) is 9.97 Å². The first-order valence-electron chi connectivity index (χ1n) is 11.7. The Morgan fingerprint density at radius 1 is 1.17 bits per heavy atom. The fourth-order valence-corrected chi connectivity index (χ4v) is 5.22. The maximum atomic E-state index is 10.0. The summed E-state index contributed by atoms with van der Waals surface area (Å²) in [6.07, 6.45) is 3.08. The molecule has 2 aromatic heterocycles. The molecule has 9 heteroatoms. The minimum atomic E-state index is -0.634. The van der Waals surface area contributed by atoms with Crippen molar-refractivity contribution in [2.45, 2.75) is 30.8 Å². The lowest BCUT2D eigenvalue weighted by molar-refractivity contribution is 0.00792. The zero-order chi connectivity index (χ0) is 23.9. The molecule has 5 heterocycles. The number of hydrogen-bond donors (Lipinski definition) is 2. The first kappa shape index (κ1) is 22.7. The quantitative estimate of drug-likeness (QED) is 0.524. The topological polar surface area (TPSA) is 98.2 Å². The number of aromatic nitrogens is 2. The van der Waals surface area contributed by atoms with Crippen molar-refractivity contribution in [3.05, 3.63) is 52.6 Å². The molecule has 0 radical (unpaired) electrons. The fourth-order valence-electron chi connectivity index (χ4n) is 4.96. The van der Waals surface area contributed by atoms with E-state index in [0.717, 1.165) is 29.7 Å². The van der Waals surface area contributed by atoms with Crippen molar-refractivity contribution >= 4 is 34.4 Å². The Morgan fingerprint density at radius 2 is 1.97 bits per heavy atom. The van der Waals surface area contributed by atoms with Gasteiger partial charge < -0.3 is 29.0 Å². The van der Waals surface area contributed by atoms with E-state index >= 15 is 0 Å². The van der Waals surface area contributed by atoms with Gasteiger partial charge in [0.05, 0.1) is 48.2 Å². The third-order valence-electron chi connectivity index (χ3n) is 6.73. The number of nitrogens with zero attached hydrogens (tertiary/aromatic N) is 2. The van der Waals surface area contributed by atoms with Crippen molar-refractivity contribution < 1.29 is 24.1 Å². The van der Waals surface area contributed by atoms with Gasteiger partial charge in [0.15, 0.2) is 6.10 Å². The van der Waals surface area contributed by atoms with Crippen LogP contribution in [0, 0.1) is 0 Å². The summed E-state index contributed by atoms with van der Waals surface area (Å²) in [7, 11) is 1.70. The van der Waals surface area contributed by atoms with Crippen LogP contribution >= 0.6 is 11.6 Å². The van der Waals surface area contributed by atoms with E-state index in [0.29, 0.717) is 35.3 Å². The number of nitrogens with one attached hydrogen (secondary N) is 1. The number of aromatic amines is 1. The molecule has 2 fully saturated rings. The highest BCUT2D eigenvalue weighted by Gasteiger charge is 2.48. The van der Waals surface area contributed by atoms with Crippen LogP contribution in [-0.2, 0) is 14.2 Å². The Bertz CT molecular complexity index is 1300. The lowest BCUT2D eigenvalue weighted by atomic mass is 9.99. The predicted molar refractivity (Wildman–Crippen MR) is 133 cm³/mol.